The summed E-state index contributed by atoms with van der Waals surface area (Å²) in [6.07, 6.45) is 3.44. The standard InChI is InChI=1S/C25H22F2N6S/c1-16(2)18-9-3-5-11-20(18)33-23(17-8-7-13-28-14-17)30-31-25(33)34-15-22-29-19-10-4-6-12-21(19)32(22)24(26)27/h3-14,16,24H,15H2,1-2H3. The highest BCUT2D eigenvalue weighted by Gasteiger charge is 2.22. The molecule has 2 aromatic carbocycles. The number of alkyl halides is 2. The van der Waals surface area contributed by atoms with E-state index >= 15 is 0 Å². The highest BCUT2D eigenvalue weighted by molar-refractivity contribution is 7.98. The summed E-state index contributed by atoms with van der Waals surface area (Å²) in [7, 11) is 0. The van der Waals surface area contributed by atoms with Crippen molar-refractivity contribution in [2.24, 2.45) is 0 Å². The quantitative estimate of drug-likeness (QED) is 0.251. The van der Waals surface area contributed by atoms with E-state index in [1.165, 1.54) is 11.8 Å². The largest absolute Gasteiger partial charge is 0.320 e. The number of aromatic nitrogens is 6. The number of fused-ring (bicyclic) bond motifs is 1. The molecule has 0 spiro atoms. The summed E-state index contributed by atoms with van der Waals surface area (Å²) >= 11 is 1.33. The molecule has 0 aliphatic carbocycles. The van der Waals surface area contributed by atoms with E-state index in [9.17, 15) is 8.78 Å². The molecule has 0 unspecified atom stereocenters. The molecule has 6 nitrogen and oxygen atoms in total. The van der Waals surface area contributed by atoms with Crippen LogP contribution in [0.1, 0.15) is 37.7 Å². The summed E-state index contributed by atoms with van der Waals surface area (Å²) in [5, 5.41) is 9.49. The average Bonchev–Trinajstić information content (AvgIpc) is 3.44. The van der Waals surface area contributed by atoms with Crippen molar-refractivity contribution >= 4 is 22.8 Å². The van der Waals surface area contributed by atoms with Crippen molar-refractivity contribution in [3.63, 3.8) is 0 Å². The number of nitrogens with zero attached hydrogens (tertiary/aromatic N) is 6. The summed E-state index contributed by atoms with van der Waals surface area (Å²) in [6.45, 7) is 1.57. The summed E-state index contributed by atoms with van der Waals surface area (Å²) in [5.41, 5.74) is 3.86. The Morgan fingerprint density at radius 1 is 0.941 bits per heavy atom. The topological polar surface area (TPSA) is 61.4 Å². The van der Waals surface area contributed by atoms with Crippen LogP contribution in [0.15, 0.2) is 78.2 Å². The fraction of sp³-hybridized carbons (Fsp3) is 0.200. The van der Waals surface area contributed by atoms with Gasteiger partial charge in [-0.1, -0.05) is 55.9 Å². The molecular formula is C25H22F2N6S. The lowest BCUT2D eigenvalue weighted by Gasteiger charge is -2.17. The van der Waals surface area contributed by atoms with Crippen LogP contribution in [0.3, 0.4) is 0 Å². The molecule has 5 rings (SSSR count). The van der Waals surface area contributed by atoms with Crippen LogP contribution in [-0.2, 0) is 5.75 Å². The van der Waals surface area contributed by atoms with Gasteiger partial charge in [0.25, 0.3) is 0 Å². The van der Waals surface area contributed by atoms with Gasteiger partial charge in [-0.3, -0.25) is 14.1 Å². The van der Waals surface area contributed by atoms with Crippen molar-refractivity contribution in [1.29, 1.82) is 0 Å². The van der Waals surface area contributed by atoms with Gasteiger partial charge in [0.1, 0.15) is 5.82 Å². The average molecular weight is 477 g/mol. The Kier molecular flexibility index (Phi) is 6.10. The number of thioether (sulfide) groups is 1. The summed E-state index contributed by atoms with van der Waals surface area (Å²) in [6, 6.07) is 18.8. The third kappa shape index (κ3) is 4.07. The van der Waals surface area contributed by atoms with E-state index in [4.69, 9.17) is 0 Å². The van der Waals surface area contributed by atoms with Crippen molar-refractivity contribution in [1.82, 2.24) is 29.3 Å². The maximum atomic E-state index is 13.9. The molecule has 0 bridgehead atoms. The second kappa shape index (κ2) is 9.34. The lowest BCUT2D eigenvalue weighted by molar-refractivity contribution is 0.0722. The molecule has 0 radical (unpaired) electrons. The number of benzene rings is 2. The minimum Gasteiger partial charge on any atom is -0.270 e. The van der Waals surface area contributed by atoms with Gasteiger partial charge >= 0.3 is 6.55 Å². The van der Waals surface area contributed by atoms with Crippen LogP contribution in [0.5, 0.6) is 0 Å². The van der Waals surface area contributed by atoms with Gasteiger partial charge in [-0.25, -0.2) is 4.98 Å². The normalized spacial score (nSPS) is 11.7. The van der Waals surface area contributed by atoms with Crippen molar-refractivity contribution in [2.75, 3.05) is 0 Å². The van der Waals surface area contributed by atoms with E-state index in [0.29, 0.717) is 22.0 Å². The molecule has 3 aromatic heterocycles. The molecule has 3 heterocycles. The minimum absolute atomic E-state index is 0.216. The molecule has 0 aliphatic rings. The zero-order valence-electron chi connectivity index (χ0n) is 18.6. The van der Waals surface area contributed by atoms with Gasteiger partial charge in [-0.15, -0.1) is 10.2 Å². The molecule has 0 saturated carbocycles. The molecular weight excluding hydrogens is 454 g/mol. The monoisotopic (exact) mass is 476 g/mol. The van der Waals surface area contributed by atoms with Gasteiger partial charge in [0.2, 0.25) is 0 Å². The zero-order valence-corrected chi connectivity index (χ0v) is 19.5. The molecule has 34 heavy (non-hydrogen) atoms. The molecule has 0 amide bonds. The number of imidazole rings is 1. The van der Waals surface area contributed by atoms with Crippen molar-refractivity contribution in [2.45, 2.75) is 37.2 Å². The van der Waals surface area contributed by atoms with Crippen molar-refractivity contribution in [3.8, 4) is 17.1 Å². The molecule has 0 N–H and O–H groups in total. The Labute approximate surface area is 199 Å². The van der Waals surface area contributed by atoms with Gasteiger partial charge in [0.15, 0.2) is 11.0 Å². The predicted octanol–water partition coefficient (Wildman–Crippen LogP) is 6.49. The molecule has 9 heteroatoms. The Morgan fingerprint density at radius 2 is 1.74 bits per heavy atom. The van der Waals surface area contributed by atoms with Crippen molar-refractivity contribution in [3.05, 3.63) is 84.4 Å². The number of halogens is 2. The Balaban J connectivity index is 1.59. The van der Waals surface area contributed by atoms with Crippen LogP contribution in [0.2, 0.25) is 0 Å². The van der Waals surface area contributed by atoms with Gasteiger partial charge in [-0.2, -0.15) is 8.78 Å². The van der Waals surface area contributed by atoms with Crippen LogP contribution >= 0.6 is 11.8 Å². The van der Waals surface area contributed by atoms with Crippen molar-refractivity contribution < 1.29 is 8.78 Å². The van der Waals surface area contributed by atoms with Crippen LogP contribution < -0.4 is 0 Å². The number of hydrogen-bond acceptors (Lipinski definition) is 5. The first kappa shape index (κ1) is 22.2. The Bertz CT molecular complexity index is 1430. The number of pyridine rings is 1. The first-order valence-electron chi connectivity index (χ1n) is 10.9. The highest BCUT2D eigenvalue weighted by Crippen LogP contribution is 2.34. The first-order chi connectivity index (χ1) is 16.5. The predicted molar refractivity (Wildman–Crippen MR) is 129 cm³/mol. The lowest BCUT2D eigenvalue weighted by Crippen LogP contribution is -2.06. The Morgan fingerprint density at radius 3 is 2.50 bits per heavy atom. The summed E-state index contributed by atoms with van der Waals surface area (Å²) in [4.78, 5) is 8.68. The lowest BCUT2D eigenvalue weighted by atomic mass is 10.0. The maximum Gasteiger partial charge on any atom is 0.320 e. The van der Waals surface area contributed by atoms with E-state index in [-0.39, 0.29) is 17.5 Å². The summed E-state index contributed by atoms with van der Waals surface area (Å²) < 4.78 is 30.8. The van der Waals surface area contributed by atoms with Crippen LogP contribution in [-0.4, -0.2) is 29.3 Å². The van der Waals surface area contributed by atoms with Gasteiger partial charge in [-0.05, 0) is 41.8 Å². The smallest absolute Gasteiger partial charge is 0.270 e. The second-order valence-electron chi connectivity index (χ2n) is 8.05. The maximum absolute atomic E-state index is 13.9. The van der Waals surface area contributed by atoms with E-state index in [2.05, 4.69) is 40.1 Å². The Hall–Kier alpha value is -3.59. The van der Waals surface area contributed by atoms with Gasteiger partial charge in [0.05, 0.1) is 22.5 Å². The molecule has 0 saturated heterocycles. The first-order valence-corrected chi connectivity index (χ1v) is 11.8. The van der Waals surface area contributed by atoms with E-state index in [1.807, 2.05) is 34.9 Å². The SMILES string of the molecule is CC(C)c1ccccc1-n1c(SCc2nc3ccccc3n2C(F)F)nnc1-c1cccnc1. The fourth-order valence-corrected chi connectivity index (χ4v) is 4.86. The third-order valence-electron chi connectivity index (χ3n) is 5.55. The third-order valence-corrected chi connectivity index (χ3v) is 6.47. The van der Waals surface area contributed by atoms with Crippen LogP contribution in [0.25, 0.3) is 28.1 Å². The molecule has 5 aromatic rings. The highest BCUT2D eigenvalue weighted by atomic mass is 32.2. The number of rotatable bonds is 7. The molecule has 0 aliphatic heterocycles. The van der Waals surface area contributed by atoms with Gasteiger partial charge in [0, 0.05) is 18.0 Å². The van der Waals surface area contributed by atoms with Gasteiger partial charge < -0.3 is 0 Å². The summed E-state index contributed by atoms with van der Waals surface area (Å²) in [5.74, 6) is 1.41. The molecule has 0 atom stereocenters. The zero-order chi connectivity index (χ0) is 23.7. The van der Waals surface area contributed by atoms with E-state index in [1.54, 1.807) is 36.7 Å². The number of para-hydroxylation sites is 3. The molecule has 172 valence electrons. The van der Waals surface area contributed by atoms with Crippen LogP contribution in [0.4, 0.5) is 8.78 Å². The van der Waals surface area contributed by atoms with E-state index in [0.717, 1.165) is 21.4 Å². The second-order valence-corrected chi connectivity index (χ2v) is 8.99. The van der Waals surface area contributed by atoms with Crippen LogP contribution in [0, 0.1) is 0 Å². The number of hydrogen-bond donors (Lipinski definition) is 0. The fourth-order valence-electron chi connectivity index (χ4n) is 3.99. The van der Waals surface area contributed by atoms with E-state index < -0.39 is 6.55 Å². The molecule has 0 fully saturated rings. The minimum atomic E-state index is -2.69.